The third kappa shape index (κ3) is 8.15. The number of carbonyl (C=O) groups is 2. The third-order valence-corrected chi connectivity index (χ3v) is 18.7. The fraction of sp³-hybridized carbons (Fsp3) is 0.385. The van der Waals surface area contributed by atoms with Crippen LogP contribution in [0.3, 0.4) is 0 Å². The number of aliphatic hydroxyl groups is 1. The number of nitrogens with one attached hydrogen (secondary N) is 1. The summed E-state index contributed by atoms with van der Waals surface area (Å²) >= 11 is 0. The van der Waals surface area contributed by atoms with Gasteiger partial charge in [-0.25, -0.2) is 0 Å². The number of carbonyl (C=O) groups excluding carboxylic acids is 2. The summed E-state index contributed by atoms with van der Waals surface area (Å²) in [5.41, 5.74) is 6.81. The van der Waals surface area contributed by atoms with Crippen molar-refractivity contribution in [2.75, 3.05) is 21.3 Å². The second-order valence-electron chi connectivity index (χ2n) is 22.6. The zero-order valence-electron chi connectivity index (χ0n) is 43.7. The number of ether oxygens (including phenoxy) is 4. The molecule has 11 nitrogen and oxygen atoms in total. The molecule has 7 aromatic rings. The lowest BCUT2D eigenvalue weighted by atomic mass is 9.38. The van der Waals surface area contributed by atoms with Crippen LogP contribution >= 0.6 is 0 Å². The lowest BCUT2D eigenvalue weighted by Crippen LogP contribution is -2.65. The molecule has 9 unspecified atom stereocenters. The standard InChI is InChI=1S/C65H67NO10/c1-36(67)75-59-31-47(76-63(72)64(19-8-5-9-20-64)44-17-16-41-23-46(68)29-49(48(41)28-44)40-14-10-11-37(21-40)35-66-2)30-52-50-33-61(74-4)57(70)26-42(50)24-53-56(69)34-54-51-32-58(71)60(73-3)27-43(51)25-55(59)65(54,62(52)53)45-18-15-38-12-6-7-13-39(38)22-45/h6-7,10-18,21-23,26-29,32-33,47,52-56,59,62,66,68-71H,5,8-9,19-20,24-25,30-31,34-35H2,1-4H3. The molecule has 0 amide bonds. The molecule has 0 radical (unpaired) electrons. The molecule has 12 rings (SSSR count). The van der Waals surface area contributed by atoms with Crippen LogP contribution < -0.4 is 14.8 Å². The lowest BCUT2D eigenvalue weighted by molar-refractivity contribution is -0.174. The molecule has 0 bridgehead atoms. The number of phenolic OH excluding ortho intramolecular Hbond substituents is 3. The van der Waals surface area contributed by atoms with E-state index >= 15 is 4.79 Å². The van der Waals surface area contributed by atoms with E-state index in [4.69, 9.17) is 18.9 Å². The number of hydrogen-bond acceptors (Lipinski definition) is 11. The van der Waals surface area contributed by atoms with Crippen LogP contribution in [0.4, 0.5) is 0 Å². The van der Waals surface area contributed by atoms with Gasteiger partial charge in [-0.3, -0.25) is 9.59 Å². The van der Waals surface area contributed by atoms with E-state index in [0.29, 0.717) is 56.6 Å². The highest BCUT2D eigenvalue weighted by atomic mass is 16.6. The summed E-state index contributed by atoms with van der Waals surface area (Å²) in [5, 5.41) is 54.1. The maximum Gasteiger partial charge on any atom is 0.316 e. The van der Waals surface area contributed by atoms with E-state index in [1.807, 2.05) is 55.6 Å². The Morgan fingerprint density at radius 2 is 1.42 bits per heavy atom. The van der Waals surface area contributed by atoms with Gasteiger partial charge < -0.3 is 44.7 Å². The third-order valence-electron chi connectivity index (χ3n) is 18.7. The first kappa shape index (κ1) is 49.8. The summed E-state index contributed by atoms with van der Waals surface area (Å²) in [7, 11) is 5.01. The molecule has 7 aromatic carbocycles. The first-order chi connectivity index (χ1) is 36.8. The summed E-state index contributed by atoms with van der Waals surface area (Å²) in [5.74, 6) is -1.66. The van der Waals surface area contributed by atoms with Crippen LogP contribution in [0.5, 0.6) is 28.7 Å². The highest BCUT2D eigenvalue weighted by Gasteiger charge is 2.67. The van der Waals surface area contributed by atoms with Gasteiger partial charge in [0.25, 0.3) is 0 Å². The summed E-state index contributed by atoms with van der Waals surface area (Å²) in [6.07, 6.45) is 3.36. The van der Waals surface area contributed by atoms with Gasteiger partial charge in [0, 0.05) is 31.2 Å². The maximum atomic E-state index is 16.0. The van der Waals surface area contributed by atoms with E-state index in [9.17, 15) is 25.2 Å². The maximum absolute atomic E-state index is 16.0. The van der Waals surface area contributed by atoms with Crippen LogP contribution in [-0.2, 0) is 49.3 Å². The molecule has 76 heavy (non-hydrogen) atoms. The number of hydrogen-bond donors (Lipinski definition) is 5. The average Bonchev–Trinajstić information content (AvgIpc) is 3.54. The second-order valence-corrected chi connectivity index (χ2v) is 22.6. The Labute approximate surface area is 443 Å². The normalized spacial score (nSPS) is 26.2. The van der Waals surface area contributed by atoms with Crippen molar-refractivity contribution in [3.05, 3.63) is 160 Å². The van der Waals surface area contributed by atoms with Crippen molar-refractivity contribution in [2.24, 2.45) is 17.8 Å². The molecule has 0 spiro atoms. The zero-order chi connectivity index (χ0) is 52.6. The molecule has 5 aliphatic rings. The summed E-state index contributed by atoms with van der Waals surface area (Å²) < 4.78 is 25.5. The number of methoxy groups -OCH3 is 2. The highest BCUT2D eigenvalue weighted by Crippen LogP contribution is 2.69. The predicted octanol–water partition coefficient (Wildman–Crippen LogP) is 11.6. The van der Waals surface area contributed by atoms with Gasteiger partial charge >= 0.3 is 11.9 Å². The number of phenols is 3. The molecule has 11 heteroatoms. The quantitative estimate of drug-likeness (QED) is 0.0829. The van der Waals surface area contributed by atoms with Crippen LogP contribution in [0.15, 0.2) is 121 Å². The van der Waals surface area contributed by atoms with E-state index in [2.05, 4.69) is 59.9 Å². The molecule has 3 saturated carbocycles. The van der Waals surface area contributed by atoms with Gasteiger partial charge in [0.15, 0.2) is 23.0 Å². The molecule has 0 heterocycles. The Kier molecular flexibility index (Phi) is 12.8. The van der Waals surface area contributed by atoms with Crippen LogP contribution in [0.25, 0.3) is 32.7 Å². The number of esters is 2. The Hall–Kier alpha value is -7.08. The molecule has 0 saturated heterocycles. The van der Waals surface area contributed by atoms with E-state index in [1.165, 1.54) is 14.0 Å². The number of aliphatic hydroxyl groups excluding tert-OH is 1. The smallest absolute Gasteiger partial charge is 0.316 e. The molecular weight excluding hydrogens is 955 g/mol. The predicted molar refractivity (Wildman–Crippen MR) is 292 cm³/mol. The zero-order valence-corrected chi connectivity index (χ0v) is 43.7. The molecule has 0 aromatic heterocycles. The Bertz CT molecular complexity index is 3420. The van der Waals surface area contributed by atoms with Gasteiger partial charge in [-0.15, -0.1) is 0 Å². The molecule has 5 N–H and O–H groups in total. The van der Waals surface area contributed by atoms with Crippen molar-refractivity contribution in [2.45, 2.75) is 119 Å². The number of benzene rings is 7. The van der Waals surface area contributed by atoms with E-state index in [-0.39, 0.29) is 53.3 Å². The van der Waals surface area contributed by atoms with Crippen LogP contribution in [0.1, 0.15) is 109 Å². The van der Waals surface area contributed by atoms with Gasteiger partial charge in [0.1, 0.15) is 18.0 Å². The van der Waals surface area contributed by atoms with Gasteiger partial charge in [0.2, 0.25) is 0 Å². The minimum absolute atomic E-state index is 0.0150. The van der Waals surface area contributed by atoms with Gasteiger partial charge in [-0.05, 0) is 189 Å². The molecule has 0 aliphatic heterocycles. The molecular formula is C65H67NO10. The fourth-order valence-corrected chi connectivity index (χ4v) is 15.7. The number of fused-ring (bicyclic) bond motifs is 6. The molecule has 5 aliphatic carbocycles. The van der Waals surface area contributed by atoms with Gasteiger partial charge in [-0.2, -0.15) is 0 Å². The average molecular weight is 1020 g/mol. The van der Waals surface area contributed by atoms with Crippen molar-refractivity contribution in [1.29, 1.82) is 0 Å². The van der Waals surface area contributed by atoms with Gasteiger partial charge in [0.05, 0.1) is 25.7 Å². The molecule has 3 fully saturated rings. The first-order valence-electron chi connectivity index (χ1n) is 27.2. The Balaban J connectivity index is 1.05. The summed E-state index contributed by atoms with van der Waals surface area (Å²) in [6, 6.07) is 40.5. The van der Waals surface area contributed by atoms with Crippen molar-refractivity contribution < 1.29 is 49.0 Å². The fourth-order valence-electron chi connectivity index (χ4n) is 15.7. The van der Waals surface area contributed by atoms with Crippen molar-refractivity contribution in [1.82, 2.24) is 5.32 Å². The van der Waals surface area contributed by atoms with Crippen molar-refractivity contribution >= 4 is 33.5 Å². The van der Waals surface area contributed by atoms with Crippen LogP contribution in [-0.4, -0.2) is 71.9 Å². The Morgan fingerprint density at radius 1 is 0.684 bits per heavy atom. The van der Waals surface area contributed by atoms with Crippen LogP contribution in [0, 0.1) is 17.8 Å². The van der Waals surface area contributed by atoms with E-state index < -0.39 is 41.0 Å². The SMILES string of the molecule is CNCc1cccc(-c2cc(O)cc3ccc(C4(C(=O)OC5CC(OC(C)=O)C6Cc7cc(OC)c(O)cc7C7CC(O)C8Cc9cc(O)c(OC)cc9C(C5)C8C76c5ccc6ccccc6c5)CCCCC4)cc23)c1. The first-order valence-corrected chi connectivity index (χ1v) is 27.2. The number of aromatic hydroxyl groups is 3. The van der Waals surface area contributed by atoms with E-state index in [1.54, 1.807) is 25.3 Å². The molecule has 392 valence electrons. The van der Waals surface area contributed by atoms with E-state index in [0.717, 1.165) is 90.9 Å². The van der Waals surface area contributed by atoms with Crippen LogP contribution in [0.2, 0.25) is 0 Å². The van der Waals surface area contributed by atoms with Crippen molar-refractivity contribution in [3.8, 4) is 39.9 Å². The summed E-state index contributed by atoms with van der Waals surface area (Å²) in [6.45, 7) is 2.14. The monoisotopic (exact) mass is 1020 g/mol. The highest BCUT2D eigenvalue weighted by molar-refractivity contribution is 5.99. The minimum atomic E-state index is -1.000. The minimum Gasteiger partial charge on any atom is -0.508 e. The summed E-state index contributed by atoms with van der Waals surface area (Å²) in [4.78, 5) is 29.8. The lowest BCUT2D eigenvalue weighted by Gasteiger charge is -2.66. The second kappa shape index (κ2) is 19.5. The molecule has 9 atom stereocenters. The van der Waals surface area contributed by atoms with Gasteiger partial charge in [-0.1, -0.05) is 92.1 Å². The topological polar surface area (TPSA) is 164 Å². The Morgan fingerprint density at radius 3 is 2.20 bits per heavy atom. The number of rotatable bonds is 10. The largest absolute Gasteiger partial charge is 0.508 e. The van der Waals surface area contributed by atoms with Crippen molar-refractivity contribution in [3.63, 3.8) is 0 Å².